The largest absolute Gasteiger partial charge is 0.519 e. The highest BCUT2D eigenvalue weighted by Crippen LogP contribution is 2.45. The lowest BCUT2D eigenvalue weighted by molar-refractivity contribution is -0.0295. The van der Waals surface area contributed by atoms with E-state index in [4.69, 9.17) is 58.4 Å². The number of hydrogen-bond acceptors (Lipinski definition) is 14. The van der Waals surface area contributed by atoms with E-state index < -0.39 is 71.5 Å². The van der Waals surface area contributed by atoms with E-state index in [1.54, 1.807) is 68.4 Å². The van der Waals surface area contributed by atoms with Crippen molar-refractivity contribution in [3.8, 4) is 0 Å². The fraction of sp³-hybridized carbons (Fsp3) is 0.581. The normalized spacial score (nSPS) is 17.8. The topological polar surface area (TPSA) is 240 Å². The molecule has 0 aromatic heterocycles. The van der Waals surface area contributed by atoms with Crippen molar-refractivity contribution >= 4 is 72.0 Å². The van der Waals surface area contributed by atoms with E-state index in [1.165, 1.54) is 128 Å². The number of rotatable bonds is 22. The molecule has 2 amide bonds. The van der Waals surface area contributed by atoms with Crippen LogP contribution in [0, 0.1) is 21.7 Å². The maximum atomic E-state index is 14.7. The van der Waals surface area contributed by atoms with Gasteiger partial charge in [0.15, 0.2) is 0 Å². The number of alkyl carbamates (subject to hydrolysis) is 2. The Morgan fingerprint density at radius 1 is 0.416 bits per heavy atom. The van der Waals surface area contributed by atoms with Gasteiger partial charge in [0, 0.05) is 32.7 Å². The summed E-state index contributed by atoms with van der Waals surface area (Å²) in [5, 5.41) is 26.1. The summed E-state index contributed by atoms with van der Waals surface area (Å²) in [5.74, 6) is 0. The number of aliphatic hydroxyl groups excluding tert-OH is 2. The maximum absolute atomic E-state index is 14.7. The summed E-state index contributed by atoms with van der Waals surface area (Å²) >= 11 is 9.53. The van der Waals surface area contributed by atoms with Crippen LogP contribution >= 0.6 is 23.2 Å². The quantitative estimate of drug-likeness (QED) is 0.0186. The summed E-state index contributed by atoms with van der Waals surface area (Å²) < 4.78 is 57.8. The van der Waals surface area contributed by atoms with Crippen molar-refractivity contribution in [1.82, 2.24) is 10.6 Å². The van der Waals surface area contributed by atoms with Gasteiger partial charge in [-0.25, -0.2) is 28.0 Å². The average Bonchev–Trinajstić information content (AvgIpc) is 0.924. The number of nitrogens with one attached hydrogen (secondary N) is 2. The number of carbonyl (C=O) groups is 4. The first-order chi connectivity index (χ1) is 58.2. The lowest BCUT2D eigenvalue weighted by Gasteiger charge is -2.33. The molecule has 4 aromatic carbocycles. The third kappa shape index (κ3) is 45.2. The molecule has 698 valence electrons. The van der Waals surface area contributed by atoms with Gasteiger partial charge in [0.2, 0.25) is 0 Å². The van der Waals surface area contributed by atoms with E-state index in [0.717, 1.165) is 58.6 Å². The SMILES string of the molecule is C1CCOC1.CC(C)(C)OC(=O)OC(=O)OC(C)(C)C.CC1=C(/C=C/c2cccc(C(F)CCN)c2)C(C)(C)CCC1.CC1=C(/C=C/c2cccc(C(F)CCNC(=O)OC(C)(C)C)c2)C(C)(C)CCC1.CC1=C(/C=C/c2cccc(C(O)CCN)c2)C(C)(C)CCC1.CC1=C(/C=C/c2cccc(C(O)CCNC(=O)OC(C)(C)C)c2)C(C)(C)CCC1.ClCCl. The summed E-state index contributed by atoms with van der Waals surface area (Å²) in [6.45, 7) is 51.8. The predicted octanol–water partition coefficient (Wildman–Crippen LogP) is 28.6. The van der Waals surface area contributed by atoms with E-state index >= 15 is 0 Å². The minimum absolute atomic E-state index is 0.187. The van der Waals surface area contributed by atoms with Crippen LogP contribution in [0.1, 0.15) is 351 Å². The Morgan fingerprint density at radius 3 is 0.944 bits per heavy atom. The number of ether oxygens (including phenoxy) is 6. The lowest BCUT2D eigenvalue weighted by atomic mass is 9.72. The van der Waals surface area contributed by atoms with Crippen LogP contribution in [-0.4, -0.2) is 102 Å². The minimum atomic E-state index is -1.13. The Labute approximate surface area is 761 Å². The van der Waals surface area contributed by atoms with E-state index in [1.807, 2.05) is 93.6 Å². The number of carbonyl (C=O) groups excluding carboxylic acids is 4. The zero-order valence-electron chi connectivity index (χ0n) is 80.5. The van der Waals surface area contributed by atoms with Gasteiger partial charge in [0.05, 0.1) is 17.5 Å². The number of amides is 2. The molecular formula is C105H158Cl2F2N4O12. The van der Waals surface area contributed by atoms with Gasteiger partial charge in [-0.15, -0.1) is 23.2 Å². The number of hydrogen-bond donors (Lipinski definition) is 6. The summed E-state index contributed by atoms with van der Waals surface area (Å²) in [4.78, 5) is 45.4. The second kappa shape index (κ2) is 54.0. The zero-order chi connectivity index (χ0) is 94.2. The number of aliphatic hydroxyl groups is 2. The molecule has 125 heavy (non-hydrogen) atoms. The summed E-state index contributed by atoms with van der Waals surface area (Å²) in [6.07, 6.45) is 30.0. The first-order valence-electron chi connectivity index (χ1n) is 45.0. The van der Waals surface area contributed by atoms with Crippen molar-refractivity contribution in [3.05, 3.63) is 210 Å². The van der Waals surface area contributed by atoms with Gasteiger partial charge >= 0.3 is 24.5 Å². The summed E-state index contributed by atoms with van der Waals surface area (Å²) in [5.41, 5.74) is 28.4. The Kier molecular flexibility index (Phi) is 48.1. The molecule has 1 saturated heterocycles. The molecule has 4 atom stereocenters. The molecule has 1 fully saturated rings. The number of halogens is 4. The van der Waals surface area contributed by atoms with Crippen molar-refractivity contribution in [2.45, 2.75) is 329 Å². The fourth-order valence-electron chi connectivity index (χ4n) is 15.5. The monoisotopic (exact) mass is 1780 g/mol. The van der Waals surface area contributed by atoms with Gasteiger partial charge in [-0.1, -0.05) is 199 Å². The molecule has 4 aliphatic carbocycles. The smallest absolute Gasteiger partial charge is 0.444 e. The molecule has 4 aromatic rings. The van der Waals surface area contributed by atoms with E-state index in [-0.39, 0.29) is 40.0 Å². The third-order valence-corrected chi connectivity index (χ3v) is 21.9. The predicted molar refractivity (Wildman–Crippen MR) is 516 cm³/mol. The summed E-state index contributed by atoms with van der Waals surface area (Å²) in [7, 11) is 0. The number of alkyl halides is 4. The minimum Gasteiger partial charge on any atom is -0.444 e. The Hall–Kier alpha value is -7.68. The van der Waals surface area contributed by atoms with Gasteiger partial charge in [0.25, 0.3) is 0 Å². The van der Waals surface area contributed by atoms with Gasteiger partial charge in [-0.05, 0) is 346 Å². The second-order valence-corrected chi connectivity index (χ2v) is 40.6. The first-order valence-corrected chi connectivity index (χ1v) is 46.1. The lowest BCUT2D eigenvalue weighted by Crippen LogP contribution is -2.33. The van der Waals surface area contributed by atoms with Crippen LogP contribution in [0.4, 0.5) is 28.0 Å². The molecule has 4 unspecified atom stereocenters. The van der Waals surface area contributed by atoms with Crippen LogP contribution in [0.2, 0.25) is 0 Å². The highest BCUT2D eigenvalue weighted by atomic mass is 35.5. The van der Waals surface area contributed by atoms with Crippen molar-refractivity contribution < 1.29 is 66.6 Å². The van der Waals surface area contributed by atoms with Crippen LogP contribution in [-0.2, 0) is 28.4 Å². The molecule has 0 bridgehead atoms. The van der Waals surface area contributed by atoms with Crippen LogP contribution in [0.25, 0.3) is 24.3 Å². The van der Waals surface area contributed by atoms with Crippen LogP contribution in [0.15, 0.2) is 166 Å². The second-order valence-electron chi connectivity index (χ2n) is 39.7. The molecule has 5 aliphatic rings. The van der Waals surface area contributed by atoms with Crippen molar-refractivity contribution in [3.63, 3.8) is 0 Å². The highest BCUT2D eigenvalue weighted by molar-refractivity contribution is 6.40. The van der Waals surface area contributed by atoms with Crippen molar-refractivity contribution in [2.75, 3.05) is 44.7 Å². The van der Waals surface area contributed by atoms with Crippen molar-refractivity contribution in [2.24, 2.45) is 33.1 Å². The Balaban J connectivity index is 0.000000399. The molecule has 0 saturated carbocycles. The maximum Gasteiger partial charge on any atom is 0.519 e. The Morgan fingerprint density at radius 2 is 0.680 bits per heavy atom. The van der Waals surface area contributed by atoms with Gasteiger partial charge < -0.3 is 60.7 Å². The van der Waals surface area contributed by atoms with Gasteiger partial charge in [-0.3, -0.25) is 0 Å². The molecule has 0 spiro atoms. The van der Waals surface area contributed by atoms with E-state index in [9.17, 15) is 38.2 Å². The third-order valence-electron chi connectivity index (χ3n) is 21.9. The molecule has 8 N–H and O–H groups in total. The molecule has 1 aliphatic heterocycles. The molecule has 1 heterocycles. The average molecular weight is 1780 g/mol. The standard InChI is InChI=1S/C25H36FNO2.C25H37NO3.C20H28FN.C20H29NO.C10H18O5.C4H8O.CH2Cl2/c1-18-9-8-15-25(5,6)21(18)13-12-19-10-7-11-20(17-19)22(26)14-16-27-23(28)29-24(2,3)4;1-18-9-8-15-25(5,6)21(18)13-12-19-10-7-11-20(17-19)22(27)14-16-26-23(28)29-24(2,3)4;1-15-6-5-12-20(2,3)18(15)10-9-16-7-4-8-17(14-16)19(21)11-13-22;1-15-6-5-12-20(2,3)18(15)10-9-16-7-4-8-17(14-16)19(22)11-13-21;1-9(2,3)14-7(11)13-8(12)15-10(4,5)6;1-2-4-5-3-1;2-1-3/h7,10-13,17,22H,8-9,14-16H2,1-6H3,(H,27,28);7,10-13,17,22,27H,8-9,14-16H2,1-6H3,(H,26,28);4,7-10,14,19H,5-6,11-13,22H2,1-3H3;4,7-10,14,19,22H,5-6,11-13,21H2,1-3H3;1-6H3;1-4H2;1H2/b2*13-12+;2*10-9+;;;. The summed E-state index contributed by atoms with van der Waals surface area (Å²) in [6, 6.07) is 31.4. The molecule has 9 rings (SSSR count). The molecule has 0 radical (unpaired) electrons. The van der Waals surface area contributed by atoms with Crippen molar-refractivity contribution in [1.29, 1.82) is 0 Å². The molecule has 20 heteroatoms. The van der Waals surface area contributed by atoms with Crippen LogP contribution < -0.4 is 22.1 Å². The number of benzene rings is 4. The number of allylic oxidation sites excluding steroid dienone is 12. The Bertz CT molecular complexity index is 3980. The van der Waals surface area contributed by atoms with E-state index in [0.29, 0.717) is 44.5 Å². The van der Waals surface area contributed by atoms with Crippen LogP contribution in [0.5, 0.6) is 0 Å². The fourth-order valence-corrected chi connectivity index (χ4v) is 15.5. The van der Waals surface area contributed by atoms with Crippen LogP contribution in [0.3, 0.4) is 0 Å². The van der Waals surface area contributed by atoms with Gasteiger partial charge in [0.1, 0.15) is 34.7 Å². The molecule has 16 nitrogen and oxygen atoms in total. The molecular weight excluding hydrogens is 1620 g/mol. The van der Waals surface area contributed by atoms with E-state index in [2.05, 4.69) is 165 Å². The highest BCUT2D eigenvalue weighted by Gasteiger charge is 2.32. The zero-order valence-corrected chi connectivity index (χ0v) is 82.0. The van der Waals surface area contributed by atoms with Gasteiger partial charge in [-0.2, -0.15) is 0 Å². The first kappa shape index (κ1) is 111. The number of nitrogens with two attached hydrogens (primary N) is 2.